The molecule has 1 atom stereocenters. The van der Waals surface area contributed by atoms with Crippen molar-refractivity contribution in [1.82, 2.24) is 5.32 Å². The van der Waals surface area contributed by atoms with Gasteiger partial charge in [-0.2, -0.15) is 0 Å². The molecule has 0 heterocycles. The monoisotopic (exact) mass is 287 g/mol. The molecule has 0 saturated heterocycles. The first-order valence-corrected chi connectivity index (χ1v) is 6.64. The number of carboxylic acid groups (broad SMARTS) is 1. The lowest BCUT2D eigenvalue weighted by Gasteiger charge is -2.16. The summed E-state index contributed by atoms with van der Waals surface area (Å²) in [5, 5.41) is 13.4. The number of carbonyl (C=O) groups excluding carboxylic acids is 1. The molecule has 2 rings (SSSR count). The second kappa shape index (κ2) is 6.85. The first-order valence-electron chi connectivity index (χ1n) is 6.64. The van der Waals surface area contributed by atoms with Gasteiger partial charge in [0.15, 0.2) is 0 Å². The molecule has 2 aromatic rings. The van der Waals surface area contributed by atoms with Gasteiger partial charge in [0.2, 0.25) is 5.91 Å². The van der Waals surface area contributed by atoms with Crippen LogP contribution in [0, 0.1) is 0 Å². The first-order chi connectivity index (χ1) is 10.1. The molecule has 110 valence electrons. The molecule has 1 unspecified atom stereocenters. The van der Waals surface area contributed by atoms with Crippen LogP contribution in [0.2, 0.25) is 0 Å². The van der Waals surface area contributed by atoms with Crippen LogP contribution in [0.5, 0.6) is 0 Å². The molecule has 21 heavy (non-hydrogen) atoms. The van der Waals surface area contributed by atoms with Crippen molar-refractivity contribution >= 4 is 22.6 Å². The number of hydrogen-bond donors (Lipinski definition) is 2. The van der Waals surface area contributed by atoms with E-state index in [2.05, 4.69) is 5.32 Å². The zero-order chi connectivity index (χ0) is 15.2. The first kappa shape index (κ1) is 15.0. The van der Waals surface area contributed by atoms with Crippen molar-refractivity contribution < 1.29 is 19.4 Å². The summed E-state index contributed by atoms with van der Waals surface area (Å²) < 4.78 is 4.77. The lowest BCUT2D eigenvalue weighted by atomic mass is 10.00. The van der Waals surface area contributed by atoms with Gasteiger partial charge >= 0.3 is 5.97 Å². The molecule has 0 saturated carbocycles. The number of aliphatic carboxylic acids is 1. The Bertz CT molecular complexity index is 648. The van der Waals surface area contributed by atoms with Gasteiger partial charge in [-0.15, -0.1) is 0 Å². The molecule has 0 aliphatic rings. The predicted octanol–water partition coefficient (Wildman–Crippen LogP) is 2.12. The number of benzene rings is 2. The Morgan fingerprint density at radius 3 is 2.62 bits per heavy atom. The molecular weight excluding hydrogens is 270 g/mol. The van der Waals surface area contributed by atoms with E-state index in [9.17, 15) is 9.59 Å². The summed E-state index contributed by atoms with van der Waals surface area (Å²) in [6.07, 6.45) is 0. The topological polar surface area (TPSA) is 75.6 Å². The molecule has 5 nitrogen and oxygen atoms in total. The molecule has 0 aliphatic carbocycles. The van der Waals surface area contributed by atoms with Crippen molar-refractivity contribution in [3.63, 3.8) is 0 Å². The van der Waals surface area contributed by atoms with E-state index < -0.39 is 12.6 Å². The fourth-order valence-electron chi connectivity index (χ4n) is 2.22. The van der Waals surface area contributed by atoms with Crippen LogP contribution >= 0.6 is 0 Å². The summed E-state index contributed by atoms with van der Waals surface area (Å²) in [4.78, 5) is 22.0. The normalized spacial score (nSPS) is 12.0. The number of carbonyl (C=O) groups is 2. The maximum atomic E-state index is 11.7. The van der Waals surface area contributed by atoms with Crippen LogP contribution in [-0.4, -0.2) is 30.2 Å². The van der Waals surface area contributed by atoms with E-state index in [1.807, 2.05) is 49.4 Å². The minimum absolute atomic E-state index is 0.183. The molecule has 2 N–H and O–H groups in total. The third-order valence-electron chi connectivity index (χ3n) is 3.13. The van der Waals surface area contributed by atoms with Crippen molar-refractivity contribution in [1.29, 1.82) is 0 Å². The average Bonchev–Trinajstić information content (AvgIpc) is 2.46. The maximum Gasteiger partial charge on any atom is 0.329 e. The van der Waals surface area contributed by atoms with E-state index in [4.69, 9.17) is 9.84 Å². The molecule has 0 aliphatic heterocycles. The smallest absolute Gasteiger partial charge is 0.329 e. The number of ether oxygens (including phenoxy) is 1. The van der Waals surface area contributed by atoms with E-state index >= 15 is 0 Å². The van der Waals surface area contributed by atoms with Gasteiger partial charge in [0.25, 0.3) is 0 Å². The molecule has 0 fully saturated rings. The highest BCUT2D eigenvalue weighted by molar-refractivity contribution is 5.87. The van der Waals surface area contributed by atoms with Crippen LogP contribution in [0.25, 0.3) is 10.8 Å². The van der Waals surface area contributed by atoms with Gasteiger partial charge in [0, 0.05) is 0 Å². The SMILES string of the molecule is CC(NC(=O)COCC(=O)O)c1cccc2ccccc12. The predicted molar refractivity (Wildman–Crippen MR) is 79.0 cm³/mol. The largest absolute Gasteiger partial charge is 0.480 e. The Kier molecular flexibility index (Phi) is 4.90. The van der Waals surface area contributed by atoms with Crippen LogP contribution < -0.4 is 5.32 Å². The van der Waals surface area contributed by atoms with Crippen molar-refractivity contribution in [2.75, 3.05) is 13.2 Å². The lowest BCUT2D eigenvalue weighted by Crippen LogP contribution is -2.31. The standard InChI is InChI=1S/C16H17NO4/c1-11(17-15(18)9-21-10-16(19)20)13-8-4-6-12-5-2-3-7-14(12)13/h2-8,11H,9-10H2,1H3,(H,17,18)(H,19,20). The van der Waals surface area contributed by atoms with Crippen LogP contribution in [-0.2, 0) is 14.3 Å². The van der Waals surface area contributed by atoms with Crippen molar-refractivity contribution in [3.05, 3.63) is 48.0 Å². The average molecular weight is 287 g/mol. The number of rotatable bonds is 6. The molecule has 1 amide bonds. The summed E-state index contributed by atoms with van der Waals surface area (Å²) in [6, 6.07) is 13.7. The molecule has 0 spiro atoms. The zero-order valence-electron chi connectivity index (χ0n) is 11.7. The molecule has 0 bridgehead atoms. The van der Waals surface area contributed by atoms with Gasteiger partial charge < -0.3 is 15.2 Å². The van der Waals surface area contributed by atoms with Crippen LogP contribution in [0.4, 0.5) is 0 Å². The summed E-state index contributed by atoms with van der Waals surface area (Å²) in [5.41, 5.74) is 1.01. The van der Waals surface area contributed by atoms with Gasteiger partial charge in [0.05, 0.1) is 6.04 Å². The second-order valence-corrected chi connectivity index (χ2v) is 4.74. The number of hydrogen-bond acceptors (Lipinski definition) is 3. The van der Waals surface area contributed by atoms with Gasteiger partial charge in [-0.3, -0.25) is 4.79 Å². The van der Waals surface area contributed by atoms with Crippen molar-refractivity contribution in [2.45, 2.75) is 13.0 Å². The van der Waals surface area contributed by atoms with Crippen LogP contribution in [0.15, 0.2) is 42.5 Å². The highest BCUT2D eigenvalue weighted by atomic mass is 16.5. The summed E-state index contributed by atoms with van der Waals surface area (Å²) in [7, 11) is 0. The molecule has 5 heteroatoms. The molecule has 0 radical (unpaired) electrons. The van der Waals surface area contributed by atoms with Gasteiger partial charge in [-0.25, -0.2) is 4.79 Å². The molecular formula is C16H17NO4. The summed E-state index contributed by atoms with van der Waals surface area (Å²) >= 11 is 0. The van der Waals surface area contributed by atoms with Crippen LogP contribution in [0.3, 0.4) is 0 Å². The van der Waals surface area contributed by atoms with Gasteiger partial charge in [0.1, 0.15) is 13.2 Å². The minimum atomic E-state index is -1.09. The lowest BCUT2D eigenvalue weighted by molar-refractivity contribution is -0.143. The number of carboxylic acids is 1. The van der Waals surface area contributed by atoms with Crippen molar-refractivity contribution in [3.8, 4) is 0 Å². The highest BCUT2D eigenvalue weighted by Gasteiger charge is 2.12. The second-order valence-electron chi connectivity index (χ2n) is 4.74. The Hall–Kier alpha value is -2.40. The Morgan fingerprint density at radius 2 is 1.86 bits per heavy atom. The molecule has 0 aromatic heterocycles. The third-order valence-corrected chi connectivity index (χ3v) is 3.13. The van der Waals surface area contributed by atoms with E-state index in [-0.39, 0.29) is 18.6 Å². The molecule has 2 aromatic carbocycles. The van der Waals surface area contributed by atoms with E-state index in [1.54, 1.807) is 0 Å². The van der Waals surface area contributed by atoms with Gasteiger partial charge in [-0.05, 0) is 23.3 Å². The minimum Gasteiger partial charge on any atom is -0.480 e. The van der Waals surface area contributed by atoms with E-state index in [1.165, 1.54) is 0 Å². The fraction of sp³-hybridized carbons (Fsp3) is 0.250. The fourth-order valence-corrected chi connectivity index (χ4v) is 2.22. The highest BCUT2D eigenvalue weighted by Crippen LogP contribution is 2.23. The quantitative estimate of drug-likeness (QED) is 0.853. The van der Waals surface area contributed by atoms with Crippen LogP contribution in [0.1, 0.15) is 18.5 Å². The van der Waals surface area contributed by atoms with Gasteiger partial charge in [-0.1, -0.05) is 42.5 Å². The zero-order valence-corrected chi connectivity index (χ0v) is 11.7. The number of nitrogens with one attached hydrogen (secondary N) is 1. The Morgan fingerprint density at radius 1 is 1.14 bits per heavy atom. The summed E-state index contributed by atoms with van der Waals surface area (Å²) in [6.45, 7) is 1.15. The Balaban J connectivity index is 2.03. The van der Waals surface area contributed by atoms with E-state index in [0.29, 0.717) is 0 Å². The third kappa shape index (κ3) is 4.03. The van der Waals surface area contributed by atoms with E-state index in [0.717, 1.165) is 16.3 Å². The number of amides is 1. The van der Waals surface area contributed by atoms with Crippen molar-refractivity contribution in [2.24, 2.45) is 0 Å². The summed E-state index contributed by atoms with van der Waals surface area (Å²) in [5.74, 6) is -1.43. The number of fused-ring (bicyclic) bond motifs is 1. The Labute approximate surface area is 122 Å². The maximum absolute atomic E-state index is 11.7.